The van der Waals surface area contributed by atoms with E-state index in [-0.39, 0.29) is 24.3 Å². The van der Waals surface area contributed by atoms with Crippen LogP contribution in [0.15, 0.2) is 28.4 Å². The Kier molecular flexibility index (Phi) is 7.31. The summed E-state index contributed by atoms with van der Waals surface area (Å²) >= 11 is 0. The van der Waals surface area contributed by atoms with E-state index < -0.39 is 40.8 Å². The van der Waals surface area contributed by atoms with Gasteiger partial charge in [0.25, 0.3) is 0 Å². The molecule has 10 heteroatoms. The van der Waals surface area contributed by atoms with E-state index in [0.29, 0.717) is 5.57 Å². The molecule has 1 aliphatic rings. The van der Waals surface area contributed by atoms with Crippen LogP contribution in [0.25, 0.3) is 0 Å². The summed E-state index contributed by atoms with van der Waals surface area (Å²) in [6.45, 7) is 0. The van der Waals surface area contributed by atoms with E-state index in [2.05, 4.69) is 10.3 Å². The normalized spacial score (nSPS) is 21.8. The van der Waals surface area contributed by atoms with Crippen molar-refractivity contribution < 1.29 is 33.9 Å². The third-order valence-corrected chi connectivity index (χ3v) is 3.96. The first kappa shape index (κ1) is 19.6. The van der Waals surface area contributed by atoms with Crippen LogP contribution in [-0.2, 0) is 25.2 Å². The second-order valence-electron chi connectivity index (χ2n) is 5.06. The SMILES string of the molecule is C[S@@](=O)CC[C@@H](N=C/C=C1/C=C(C(=O)O)N[C@@H](C(=O)O)C1)C(=O)O. The summed E-state index contributed by atoms with van der Waals surface area (Å²) in [5.41, 5.74) is 0.134. The Hall–Kier alpha value is -2.49. The quantitative estimate of drug-likeness (QED) is 0.428. The number of nitrogens with one attached hydrogen (secondary N) is 1. The summed E-state index contributed by atoms with van der Waals surface area (Å²) < 4.78 is 11.0. The minimum Gasteiger partial charge on any atom is -0.480 e. The molecule has 132 valence electrons. The van der Waals surface area contributed by atoms with E-state index in [4.69, 9.17) is 15.3 Å². The van der Waals surface area contributed by atoms with Crippen LogP contribution in [0.4, 0.5) is 0 Å². The van der Waals surface area contributed by atoms with Gasteiger partial charge in [0, 0.05) is 35.4 Å². The molecule has 0 unspecified atom stereocenters. The second kappa shape index (κ2) is 8.96. The van der Waals surface area contributed by atoms with Crippen LogP contribution in [0.2, 0.25) is 0 Å². The smallest absolute Gasteiger partial charge is 0.351 e. The molecule has 0 aliphatic carbocycles. The van der Waals surface area contributed by atoms with Gasteiger partial charge in [-0.15, -0.1) is 0 Å². The summed E-state index contributed by atoms with van der Waals surface area (Å²) in [5, 5.41) is 29.4. The first-order chi connectivity index (χ1) is 11.2. The number of allylic oxidation sites excluding steroid dienone is 2. The van der Waals surface area contributed by atoms with Gasteiger partial charge < -0.3 is 20.6 Å². The van der Waals surface area contributed by atoms with E-state index in [0.717, 1.165) is 0 Å². The molecule has 1 aliphatic heterocycles. The average Bonchev–Trinajstić information content (AvgIpc) is 2.49. The van der Waals surface area contributed by atoms with Crippen LogP contribution in [0.5, 0.6) is 0 Å². The van der Waals surface area contributed by atoms with Crippen molar-refractivity contribution in [2.45, 2.75) is 24.9 Å². The van der Waals surface area contributed by atoms with Gasteiger partial charge in [0.2, 0.25) is 0 Å². The van der Waals surface area contributed by atoms with Crippen LogP contribution < -0.4 is 5.32 Å². The van der Waals surface area contributed by atoms with E-state index in [1.807, 2.05) is 0 Å². The Morgan fingerprint density at radius 3 is 2.58 bits per heavy atom. The number of carboxylic acids is 3. The van der Waals surface area contributed by atoms with Gasteiger partial charge in [0.15, 0.2) is 0 Å². The Labute approximate surface area is 140 Å². The zero-order valence-corrected chi connectivity index (χ0v) is 13.7. The Bertz CT molecular complexity index is 639. The van der Waals surface area contributed by atoms with Crippen molar-refractivity contribution in [3.05, 3.63) is 23.4 Å². The van der Waals surface area contributed by atoms with Crippen molar-refractivity contribution >= 4 is 34.9 Å². The Morgan fingerprint density at radius 2 is 2.08 bits per heavy atom. The largest absolute Gasteiger partial charge is 0.480 e. The van der Waals surface area contributed by atoms with Crippen molar-refractivity contribution in [1.29, 1.82) is 0 Å². The lowest BCUT2D eigenvalue weighted by atomic mass is 10.00. The monoisotopic (exact) mass is 358 g/mol. The molecule has 1 rings (SSSR count). The summed E-state index contributed by atoms with van der Waals surface area (Å²) in [5.74, 6) is -3.46. The summed E-state index contributed by atoms with van der Waals surface area (Å²) in [4.78, 5) is 37.0. The molecule has 0 saturated heterocycles. The molecule has 0 spiro atoms. The standard InChI is InChI=1S/C14H18N2O7S/c1-24(23)5-3-9(12(17)18)15-4-2-8-6-10(13(19)20)16-11(7-8)14(21)22/h2,4,6,9,11,16H,3,5,7H2,1H3,(H,17,18)(H,19,20)(H,21,22)/b8-2-,15-4?/t9-,11-,24-/m1/s1. The first-order valence-corrected chi connectivity index (χ1v) is 8.63. The first-order valence-electron chi connectivity index (χ1n) is 6.90. The molecular formula is C14H18N2O7S. The highest BCUT2D eigenvalue weighted by molar-refractivity contribution is 7.84. The van der Waals surface area contributed by atoms with Crippen LogP contribution >= 0.6 is 0 Å². The summed E-state index contributed by atoms with van der Waals surface area (Å²) in [7, 11) is -1.13. The van der Waals surface area contributed by atoms with Gasteiger partial charge in [-0.25, -0.2) is 14.4 Å². The molecule has 0 aromatic rings. The maximum atomic E-state index is 11.1. The predicted octanol–water partition coefficient (Wildman–Crippen LogP) is -0.380. The highest BCUT2D eigenvalue weighted by atomic mass is 32.2. The number of carbonyl (C=O) groups is 3. The second-order valence-corrected chi connectivity index (χ2v) is 6.62. The number of hydrogen-bond acceptors (Lipinski definition) is 6. The van der Waals surface area contributed by atoms with Gasteiger partial charge in [-0.3, -0.25) is 9.20 Å². The van der Waals surface area contributed by atoms with Crippen molar-refractivity contribution in [2.75, 3.05) is 12.0 Å². The molecule has 24 heavy (non-hydrogen) atoms. The highest BCUT2D eigenvalue weighted by Gasteiger charge is 2.26. The van der Waals surface area contributed by atoms with Crippen molar-refractivity contribution in [1.82, 2.24) is 5.32 Å². The lowest BCUT2D eigenvalue weighted by Crippen LogP contribution is -2.41. The van der Waals surface area contributed by atoms with Crippen LogP contribution in [-0.4, -0.2) is 67.7 Å². The summed E-state index contributed by atoms with van der Waals surface area (Å²) in [6, 6.07) is -2.15. The molecule has 0 aromatic heterocycles. The van der Waals surface area contributed by atoms with Crippen LogP contribution in [0.1, 0.15) is 12.8 Å². The van der Waals surface area contributed by atoms with Gasteiger partial charge >= 0.3 is 17.9 Å². The highest BCUT2D eigenvalue weighted by Crippen LogP contribution is 2.16. The topological polar surface area (TPSA) is 153 Å². The lowest BCUT2D eigenvalue weighted by molar-refractivity contribution is -0.140. The zero-order chi connectivity index (χ0) is 18.3. The molecule has 4 N–H and O–H groups in total. The molecule has 1 heterocycles. The third kappa shape index (κ3) is 6.32. The van der Waals surface area contributed by atoms with E-state index in [1.54, 1.807) is 0 Å². The minimum absolute atomic E-state index is 0.0366. The fraction of sp³-hybridized carbons (Fsp3) is 0.429. The predicted molar refractivity (Wildman–Crippen MR) is 86.4 cm³/mol. The van der Waals surface area contributed by atoms with E-state index in [9.17, 15) is 18.6 Å². The van der Waals surface area contributed by atoms with Gasteiger partial charge in [-0.05, 0) is 24.1 Å². The molecular weight excluding hydrogens is 340 g/mol. The maximum absolute atomic E-state index is 11.1. The number of aliphatic imine (C=N–C) groups is 1. The Balaban J connectivity index is 2.90. The van der Waals surface area contributed by atoms with Crippen molar-refractivity contribution in [3.8, 4) is 0 Å². The number of hydrogen-bond donors (Lipinski definition) is 4. The molecule has 0 bridgehead atoms. The number of aliphatic carboxylic acids is 3. The van der Waals surface area contributed by atoms with Crippen molar-refractivity contribution in [3.63, 3.8) is 0 Å². The number of rotatable bonds is 8. The zero-order valence-electron chi connectivity index (χ0n) is 12.8. The van der Waals surface area contributed by atoms with Gasteiger partial charge in [0.05, 0.1) is 0 Å². The van der Waals surface area contributed by atoms with E-state index >= 15 is 0 Å². The number of carboxylic acid groups (broad SMARTS) is 3. The molecule has 0 amide bonds. The maximum Gasteiger partial charge on any atom is 0.351 e. The van der Waals surface area contributed by atoms with Crippen LogP contribution in [0.3, 0.4) is 0 Å². The molecule has 0 aromatic carbocycles. The molecule has 0 fully saturated rings. The molecule has 0 saturated carbocycles. The average molecular weight is 358 g/mol. The molecule has 9 nitrogen and oxygen atoms in total. The number of nitrogens with zero attached hydrogens (tertiary/aromatic N) is 1. The van der Waals surface area contributed by atoms with Crippen LogP contribution in [0, 0.1) is 0 Å². The van der Waals surface area contributed by atoms with Crippen molar-refractivity contribution in [2.24, 2.45) is 4.99 Å². The van der Waals surface area contributed by atoms with Gasteiger partial charge in [0.1, 0.15) is 17.8 Å². The molecule has 0 radical (unpaired) electrons. The minimum atomic E-state index is -1.29. The van der Waals surface area contributed by atoms with Gasteiger partial charge in [-0.2, -0.15) is 0 Å². The Morgan fingerprint density at radius 1 is 1.42 bits per heavy atom. The van der Waals surface area contributed by atoms with Gasteiger partial charge in [-0.1, -0.05) is 0 Å². The summed E-state index contributed by atoms with van der Waals surface area (Å²) in [6.07, 6.45) is 5.45. The fourth-order valence-electron chi connectivity index (χ4n) is 1.93. The van der Waals surface area contributed by atoms with E-state index in [1.165, 1.54) is 24.6 Å². The molecule has 3 atom stereocenters. The third-order valence-electron chi connectivity index (χ3n) is 3.15. The lowest BCUT2D eigenvalue weighted by Gasteiger charge is -2.21. The fourth-order valence-corrected chi connectivity index (χ4v) is 2.49.